The van der Waals surface area contributed by atoms with Gasteiger partial charge in [0.1, 0.15) is 0 Å². The first-order valence-corrected chi connectivity index (χ1v) is 6.40. The molecule has 1 aliphatic carbocycles. The van der Waals surface area contributed by atoms with Crippen molar-refractivity contribution >= 4 is 0 Å². The number of hydrogen-bond acceptors (Lipinski definition) is 2. The summed E-state index contributed by atoms with van der Waals surface area (Å²) in [6.07, 6.45) is 4.40. The summed E-state index contributed by atoms with van der Waals surface area (Å²) in [5, 5.41) is 3.32. The van der Waals surface area contributed by atoms with E-state index in [2.05, 4.69) is 24.1 Å². The standard InChI is InChI=1S/C13H24N2/c1-3-15(10-12-5-4-6-12)9-11(2)13-7-14-8-13/h12,14H,3-10H2,1-2H3. The molecule has 0 unspecified atom stereocenters. The van der Waals surface area contributed by atoms with Crippen molar-refractivity contribution in [3.8, 4) is 0 Å². The maximum atomic E-state index is 3.32. The number of nitrogens with one attached hydrogen (secondary N) is 1. The summed E-state index contributed by atoms with van der Waals surface area (Å²) >= 11 is 0. The number of hydrogen-bond donors (Lipinski definition) is 1. The van der Waals surface area contributed by atoms with E-state index < -0.39 is 0 Å². The Hall–Kier alpha value is -0.340. The number of nitrogens with zero attached hydrogens (tertiary/aromatic N) is 1. The van der Waals surface area contributed by atoms with Gasteiger partial charge in [-0.2, -0.15) is 0 Å². The van der Waals surface area contributed by atoms with Crippen molar-refractivity contribution in [1.29, 1.82) is 0 Å². The Balaban J connectivity index is 1.78. The molecule has 2 rings (SSSR count). The largest absolute Gasteiger partial charge is 0.309 e. The normalized spacial score (nSPS) is 21.4. The van der Waals surface area contributed by atoms with Gasteiger partial charge < -0.3 is 5.32 Å². The summed E-state index contributed by atoms with van der Waals surface area (Å²) in [7, 11) is 0. The predicted octanol–water partition coefficient (Wildman–Crippen LogP) is 2.03. The second-order valence-corrected chi connectivity index (χ2v) is 5.11. The van der Waals surface area contributed by atoms with Gasteiger partial charge in [0.2, 0.25) is 0 Å². The Labute approximate surface area is 93.7 Å². The lowest BCUT2D eigenvalue weighted by molar-refractivity contribution is 0.194. The molecule has 2 nitrogen and oxygen atoms in total. The van der Waals surface area contributed by atoms with Crippen molar-refractivity contribution in [2.75, 3.05) is 32.7 Å². The zero-order valence-electron chi connectivity index (χ0n) is 10.2. The average molecular weight is 208 g/mol. The third-order valence-electron chi connectivity index (χ3n) is 3.93. The average Bonchev–Trinajstić information content (AvgIpc) is 2.05. The van der Waals surface area contributed by atoms with Crippen LogP contribution in [-0.4, -0.2) is 37.6 Å². The highest BCUT2D eigenvalue weighted by atomic mass is 15.1. The van der Waals surface area contributed by atoms with E-state index in [1.165, 1.54) is 38.9 Å². The van der Waals surface area contributed by atoms with E-state index in [1.807, 2.05) is 0 Å². The molecule has 0 aromatic heterocycles. The van der Waals surface area contributed by atoms with Crippen LogP contribution in [0.5, 0.6) is 0 Å². The van der Waals surface area contributed by atoms with Crippen LogP contribution < -0.4 is 5.32 Å². The SMILES string of the molecule is CCN(CC(C)=C1CNC1)CC1CCC1. The third kappa shape index (κ3) is 2.82. The molecule has 2 aliphatic rings. The lowest BCUT2D eigenvalue weighted by Gasteiger charge is -2.33. The lowest BCUT2D eigenvalue weighted by atomic mass is 9.85. The van der Waals surface area contributed by atoms with Crippen molar-refractivity contribution in [3.05, 3.63) is 11.1 Å². The Bertz CT molecular complexity index is 235. The van der Waals surface area contributed by atoms with Crippen LogP contribution in [-0.2, 0) is 0 Å². The molecule has 0 aromatic carbocycles. The van der Waals surface area contributed by atoms with Crippen molar-refractivity contribution in [1.82, 2.24) is 10.2 Å². The predicted molar refractivity (Wildman–Crippen MR) is 65.0 cm³/mol. The molecule has 0 amide bonds. The smallest absolute Gasteiger partial charge is 0.0193 e. The van der Waals surface area contributed by atoms with Gasteiger partial charge in [0, 0.05) is 26.2 Å². The van der Waals surface area contributed by atoms with Crippen molar-refractivity contribution in [3.63, 3.8) is 0 Å². The molecule has 0 spiro atoms. The molecule has 2 fully saturated rings. The van der Waals surface area contributed by atoms with Gasteiger partial charge in [-0.3, -0.25) is 4.90 Å². The molecule has 2 heteroatoms. The summed E-state index contributed by atoms with van der Waals surface area (Å²) in [6.45, 7) is 10.6. The first kappa shape index (κ1) is 11.2. The van der Waals surface area contributed by atoms with E-state index in [0.29, 0.717) is 0 Å². The molecule has 0 bridgehead atoms. The van der Waals surface area contributed by atoms with Crippen LogP contribution >= 0.6 is 0 Å². The molecule has 0 aromatic rings. The van der Waals surface area contributed by atoms with Crippen LogP contribution in [0.3, 0.4) is 0 Å². The summed E-state index contributed by atoms with van der Waals surface area (Å²) in [5.41, 5.74) is 3.25. The van der Waals surface area contributed by atoms with Gasteiger partial charge in [-0.1, -0.05) is 18.9 Å². The minimum absolute atomic E-state index is 1.00. The Kier molecular flexibility index (Phi) is 3.81. The first-order chi connectivity index (χ1) is 7.29. The molecule has 1 aliphatic heterocycles. The highest BCUT2D eigenvalue weighted by Crippen LogP contribution is 2.27. The summed E-state index contributed by atoms with van der Waals surface area (Å²) < 4.78 is 0. The second-order valence-electron chi connectivity index (χ2n) is 5.11. The molecule has 0 atom stereocenters. The zero-order chi connectivity index (χ0) is 10.7. The van der Waals surface area contributed by atoms with Gasteiger partial charge in [0.05, 0.1) is 0 Å². The maximum absolute atomic E-state index is 3.32. The van der Waals surface area contributed by atoms with Crippen molar-refractivity contribution < 1.29 is 0 Å². The van der Waals surface area contributed by atoms with Gasteiger partial charge in [-0.15, -0.1) is 0 Å². The van der Waals surface area contributed by atoms with Gasteiger partial charge in [0.25, 0.3) is 0 Å². The van der Waals surface area contributed by atoms with Crippen LogP contribution in [0.15, 0.2) is 11.1 Å². The highest BCUT2D eigenvalue weighted by Gasteiger charge is 2.20. The fourth-order valence-electron chi connectivity index (χ4n) is 2.34. The van der Waals surface area contributed by atoms with E-state index in [4.69, 9.17) is 0 Å². The molecular formula is C13H24N2. The molecule has 1 N–H and O–H groups in total. The molecule has 1 saturated carbocycles. The minimum atomic E-state index is 1.00. The molecular weight excluding hydrogens is 184 g/mol. The van der Waals surface area contributed by atoms with Crippen LogP contribution in [0.1, 0.15) is 33.1 Å². The van der Waals surface area contributed by atoms with Crippen LogP contribution in [0.2, 0.25) is 0 Å². The first-order valence-electron chi connectivity index (χ1n) is 6.40. The third-order valence-corrected chi connectivity index (χ3v) is 3.93. The van der Waals surface area contributed by atoms with Gasteiger partial charge in [0.15, 0.2) is 0 Å². The monoisotopic (exact) mass is 208 g/mol. The highest BCUT2D eigenvalue weighted by molar-refractivity contribution is 5.22. The van der Waals surface area contributed by atoms with Gasteiger partial charge in [-0.25, -0.2) is 0 Å². The van der Waals surface area contributed by atoms with E-state index in [1.54, 1.807) is 11.1 Å². The van der Waals surface area contributed by atoms with E-state index in [-0.39, 0.29) is 0 Å². The second kappa shape index (κ2) is 5.13. The van der Waals surface area contributed by atoms with E-state index in [0.717, 1.165) is 19.0 Å². The summed E-state index contributed by atoms with van der Waals surface area (Å²) in [5.74, 6) is 1.00. The number of likely N-dealkylation sites (N-methyl/N-ethyl adjacent to an activating group) is 1. The molecule has 1 saturated heterocycles. The topological polar surface area (TPSA) is 15.3 Å². The number of rotatable bonds is 5. The van der Waals surface area contributed by atoms with Gasteiger partial charge >= 0.3 is 0 Å². The van der Waals surface area contributed by atoms with Gasteiger partial charge in [-0.05, 0) is 37.8 Å². The van der Waals surface area contributed by atoms with E-state index in [9.17, 15) is 0 Å². The Morgan fingerprint density at radius 2 is 2.13 bits per heavy atom. The molecule has 0 radical (unpaired) electrons. The maximum Gasteiger partial charge on any atom is 0.0193 e. The summed E-state index contributed by atoms with van der Waals surface area (Å²) in [4.78, 5) is 2.62. The molecule has 15 heavy (non-hydrogen) atoms. The quantitative estimate of drug-likeness (QED) is 0.695. The fraction of sp³-hybridized carbons (Fsp3) is 0.846. The Morgan fingerprint density at radius 1 is 1.40 bits per heavy atom. The Morgan fingerprint density at radius 3 is 2.53 bits per heavy atom. The lowest BCUT2D eigenvalue weighted by Crippen LogP contribution is -2.38. The van der Waals surface area contributed by atoms with Crippen LogP contribution in [0.4, 0.5) is 0 Å². The van der Waals surface area contributed by atoms with Crippen molar-refractivity contribution in [2.45, 2.75) is 33.1 Å². The molecule has 1 heterocycles. The van der Waals surface area contributed by atoms with Crippen LogP contribution in [0, 0.1) is 5.92 Å². The minimum Gasteiger partial charge on any atom is -0.309 e. The molecule has 86 valence electrons. The van der Waals surface area contributed by atoms with E-state index >= 15 is 0 Å². The van der Waals surface area contributed by atoms with Crippen LogP contribution in [0.25, 0.3) is 0 Å². The summed E-state index contributed by atoms with van der Waals surface area (Å²) in [6, 6.07) is 0. The zero-order valence-corrected chi connectivity index (χ0v) is 10.2. The van der Waals surface area contributed by atoms with Crippen molar-refractivity contribution in [2.24, 2.45) is 5.92 Å². The fourth-order valence-corrected chi connectivity index (χ4v) is 2.34.